The second kappa shape index (κ2) is 9.02. The first-order chi connectivity index (χ1) is 12.3. The number of rotatable bonds is 7. The standard InChI is InChI=1S/C20H26N2O2S/c1-2-24-17-9-6-8-16(14-17)20(23)21-15-18(19-10-7-13-25-19)22-11-4-3-5-12-22/h6-10,13-14,18H,2-5,11-12,15H2,1H3,(H,21,23)/t18-/m0/s1. The summed E-state index contributed by atoms with van der Waals surface area (Å²) in [6.45, 7) is 5.40. The van der Waals surface area contributed by atoms with Crippen molar-refractivity contribution >= 4 is 17.2 Å². The van der Waals surface area contributed by atoms with Crippen molar-refractivity contribution in [3.8, 4) is 5.75 Å². The number of benzene rings is 1. The maximum Gasteiger partial charge on any atom is 0.251 e. The summed E-state index contributed by atoms with van der Waals surface area (Å²) in [7, 11) is 0. The summed E-state index contributed by atoms with van der Waals surface area (Å²) in [4.78, 5) is 16.4. The molecule has 1 N–H and O–H groups in total. The fourth-order valence-corrected chi connectivity index (χ4v) is 4.17. The normalized spacial score (nSPS) is 16.4. The first kappa shape index (κ1) is 18.0. The van der Waals surface area contributed by atoms with E-state index in [9.17, 15) is 4.79 Å². The van der Waals surface area contributed by atoms with Gasteiger partial charge in [0.1, 0.15) is 5.75 Å². The Morgan fingerprint density at radius 1 is 1.24 bits per heavy atom. The zero-order valence-corrected chi connectivity index (χ0v) is 15.6. The Kier molecular flexibility index (Phi) is 6.48. The van der Waals surface area contributed by atoms with Crippen LogP contribution in [0.1, 0.15) is 47.5 Å². The van der Waals surface area contributed by atoms with E-state index >= 15 is 0 Å². The van der Waals surface area contributed by atoms with Gasteiger partial charge >= 0.3 is 0 Å². The second-order valence-electron chi connectivity index (χ2n) is 6.30. The maximum absolute atomic E-state index is 12.6. The maximum atomic E-state index is 12.6. The van der Waals surface area contributed by atoms with Crippen LogP contribution in [0.5, 0.6) is 5.75 Å². The molecule has 1 aliphatic heterocycles. The molecule has 1 fully saturated rings. The molecule has 0 aliphatic carbocycles. The largest absolute Gasteiger partial charge is 0.494 e. The molecule has 1 aromatic carbocycles. The number of carbonyl (C=O) groups excluding carboxylic acids is 1. The molecule has 2 aromatic rings. The average Bonchev–Trinajstić information content (AvgIpc) is 3.18. The zero-order valence-electron chi connectivity index (χ0n) is 14.7. The van der Waals surface area contributed by atoms with Crippen molar-refractivity contribution in [2.45, 2.75) is 32.2 Å². The van der Waals surface area contributed by atoms with Crippen LogP contribution >= 0.6 is 11.3 Å². The van der Waals surface area contributed by atoms with Gasteiger partial charge in [0.25, 0.3) is 5.91 Å². The molecular weight excluding hydrogens is 332 g/mol. The Bertz CT molecular complexity index is 666. The highest BCUT2D eigenvalue weighted by Gasteiger charge is 2.23. The first-order valence-electron chi connectivity index (χ1n) is 9.06. The molecular formula is C20H26N2O2S. The summed E-state index contributed by atoms with van der Waals surface area (Å²) in [5.41, 5.74) is 0.648. The van der Waals surface area contributed by atoms with Gasteiger partial charge in [-0.3, -0.25) is 9.69 Å². The Morgan fingerprint density at radius 3 is 2.80 bits per heavy atom. The van der Waals surface area contributed by atoms with E-state index in [0.717, 1.165) is 18.8 Å². The van der Waals surface area contributed by atoms with Crippen molar-refractivity contribution in [3.63, 3.8) is 0 Å². The van der Waals surface area contributed by atoms with Crippen LogP contribution in [0.2, 0.25) is 0 Å². The lowest BCUT2D eigenvalue weighted by atomic mass is 10.1. The molecule has 25 heavy (non-hydrogen) atoms. The lowest BCUT2D eigenvalue weighted by Gasteiger charge is -2.34. The summed E-state index contributed by atoms with van der Waals surface area (Å²) in [6, 6.07) is 11.9. The molecule has 1 aromatic heterocycles. The van der Waals surface area contributed by atoms with Gasteiger partial charge in [0, 0.05) is 17.0 Å². The number of hydrogen-bond donors (Lipinski definition) is 1. The molecule has 1 aliphatic rings. The molecule has 5 heteroatoms. The van der Waals surface area contributed by atoms with E-state index in [1.54, 1.807) is 17.4 Å². The number of carbonyl (C=O) groups is 1. The number of nitrogens with zero attached hydrogens (tertiary/aromatic N) is 1. The van der Waals surface area contributed by atoms with Gasteiger partial charge < -0.3 is 10.1 Å². The Balaban J connectivity index is 1.66. The Morgan fingerprint density at radius 2 is 2.08 bits per heavy atom. The average molecular weight is 359 g/mol. The number of hydrogen-bond acceptors (Lipinski definition) is 4. The van der Waals surface area contributed by atoms with E-state index < -0.39 is 0 Å². The summed E-state index contributed by atoms with van der Waals surface area (Å²) in [5.74, 6) is 0.695. The lowest BCUT2D eigenvalue weighted by Crippen LogP contribution is -2.40. The van der Waals surface area contributed by atoms with Crippen LogP contribution in [-0.2, 0) is 0 Å². The summed E-state index contributed by atoms with van der Waals surface area (Å²) < 4.78 is 5.49. The van der Waals surface area contributed by atoms with Crippen molar-refractivity contribution in [1.29, 1.82) is 0 Å². The van der Waals surface area contributed by atoms with E-state index in [-0.39, 0.29) is 11.9 Å². The van der Waals surface area contributed by atoms with E-state index in [1.165, 1.54) is 24.1 Å². The minimum atomic E-state index is -0.0416. The minimum Gasteiger partial charge on any atom is -0.494 e. The molecule has 134 valence electrons. The third-order valence-corrected chi connectivity index (χ3v) is 5.54. The van der Waals surface area contributed by atoms with E-state index in [2.05, 4.69) is 27.7 Å². The number of nitrogens with one attached hydrogen (secondary N) is 1. The van der Waals surface area contributed by atoms with Gasteiger partial charge in [-0.05, 0) is 62.5 Å². The van der Waals surface area contributed by atoms with Gasteiger partial charge in [-0.25, -0.2) is 0 Å². The number of ether oxygens (including phenoxy) is 1. The monoisotopic (exact) mass is 358 g/mol. The van der Waals surface area contributed by atoms with Gasteiger partial charge in [0.05, 0.1) is 12.6 Å². The predicted octanol–water partition coefficient (Wildman–Crippen LogP) is 4.10. The van der Waals surface area contributed by atoms with Crippen LogP contribution in [-0.4, -0.2) is 37.0 Å². The third-order valence-electron chi connectivity index (χ3n) is 4.57. The lowest BCUT2D eigenvalue weighted by molar-refractivity contribution is 0.0925. The van der Waals surface area contributed by atoms with Gasteiger partial charge in [-0.15, -0.1) is 11.3 Å². The molecule has 1 amide bonds. The Hall–Kier alpha value is -1.85. The van der Waals surface area contributed by atoms with Gasteiger partial charge in [0.2, 0.25) is 0 Å². The molecule has 0 bridgehead atoms. The zero-order chi connectivity index (χ0) is 17.5. The topological polar surface area (TPSA) is 41.6 Å². The smallest absolute Gasteiger partial charge is 0.251 e. The third kappa shape index (κ3) is 4.83. The molecule has 0 radical (unpaired) electrons. The summed E-state index contributed by atoms with van der Waals surface area (Å²) in [5, 5.41) is 5.24. The van der Waals surface area contributed by atoms with Crippen LogP contribution in [0.15, 0.2) is 41.8 Å². The highest BCUT2D eigenvalue weighted by Crippen LogP contribution is 2.27. The fourth-order valence-electron chi connectivity index (χ4n) is 3.31. The van der Waals surface area contributed by atoms with Gasteiger partial charge in [-0.2, -0.15) is 0 Å². The number of thiophene rings is 1. The van der Waals surface area contributed by atoms with Crippen molar-refractivity contribution in [1.82, 2.24) is 10.2 Å². The van der Waals surface area contributed by atoms with Crippen LogP contribution in [0.3, 0.4) is 0 Å². The van der Waals surface area contributed by atoms with Crippen LogP contribution in [0.25, 0.3) is 0 Å². The SMILES string of the molecule is CCOc1cccc(C(=O)NC[C@@H](c2cccs2)N2CCCCC2)c1. The molecule has 2 heterocycles. The van der Waals surface area contributed by atoms with E-state index in [1.807, 2.05) is 25.1 Å². The molecule has 0 saturated carbocycles. The quantitative estimate of drug-likeness (QED) is 0.810. The number of amides is 1. The second-order valence-corrected chi connectivity index (χ2v) is 7.28. The van der Waals surface area contributed by atoms with Gasteiger partial charge in [0.15, 0.2) is 0 Å². The Labute approximate surface area is 153 Å². The van der Waals surface area contributed by atoms with Crippen LogP contribution in [0, 0.1) is 0 Å². The molecule has 0 unspecified atom stereocenters. The van der Waals surface area contributed by atoms with Crippen LogP contribution in [0.4, 0.5) is 0 Å². The summed E-state index contributed by atoms with van der Waals surface area (Å²) in [6.07, 6.45) is 3.79. The van der Waals surface area contributed by atoms with Gasteiger partial charge in [-0.1, -0.05) is 18.6 Å². The first-order valence-corrected chi connectivity index (χ1v) is 9.94. The molecule has 4 nitrogen and oxygen atoms in total. The van der Waals surface area contributed by atoms with Crippen molar-refractivity contribution in [2.75, 3.05) is 26.2 Å². The molecule has 1 atom stereocenters. The summed E-state index contributed by atoms with van der Waals surface area (Å²) >= 11 is 1.77. The minimum absolute atomic E-state index is 0.0416. The highest BCUT2D eigenvalue weighted by atomic mass is 32.1. The predicted molar refractivity (Wildman–Crippen MR) is 102 cm³/mol. The van der Waals surface area contributed by atoms with Crippen molar-refractivity contribution < 1.29 is 9.53 Å². The molecule has 0 spiro atoms. The fraction of sp³-hybridized carbons (Fsp3) is 0.450. The number of piperidine rings is 1. The molecule has 1 saturated heterocycles. The van der Waals surface area contributed by atoms with Crippen molar-refractivity contribution in [2.24, 2.45) is 0 Å². The van der Waals surface area contributed by atoms with E-state index in [4.69, 9.17) is 4.74 Å². The number of likely N-dealkylation sites (tertiary alicyclic amines) is 1. The molecule has 3 rings (SSSR count). The van der Waals surface area contributed by atoms with Crippen molar-refractivity contribution in [3.05, 3.63) is 52.2 Å². The van der Waals surface area contributed by atoms with E-state index in [0.29, 0.717) is 18.7 Å². The highest BCUT2D eigenvalue weighted by molar-refractivity contribution is 7.10. The van der Waals surface area contributed by atoms with Crippen LogP contribution < -0.4 is 10.1 Å².